The van der Waals surface area contributed by atoms with Gasteiger partial charge in [0, 0.05) is 24.3 Å². The van der Waals surface area contributed by atoms with Crippen molar-refractivity contribution in [3.63, 3.8) is 0 Å². The molecule has 1 N–H and O–H groups in total. The molecule has 0 unspecified atom stereocenters. The molecule has 0 aromatic heterocycles. The minimum atomic E-state index is -0.477. The Morgan fingerprint density at radius 2 is 1.97 bits per heavy atom. The van der Waals surface area contributed by atoms with E-state index in [1.807, 2.05) is 50.2 Å². The highest BCUT2D eigenvalue weighted by Gasteiger charge is 2.29. The molecular weight excluding hydrogens is 426 g/mol. The van der Waals surface area contributed by atoms with Crippen molar-refractivity contribution < 1.29 is 19.4 Å². The lowest BCUT2D eigenvalue weighted by molar-refractivity contribution is -0.0689. The molecule has 1 aliphatic heterocycles. The highest BCUT2D eigenvalue weighted by molar-refractivity contribution is 6.31. The van der Waals surface area contributed by atoms with E-state index in [0.29, 0.717) is 30.9 Å². The third-order valence-electron chi connectivity index (χ3n) is 5.14. The van der Waals surface area contributed by atoms with Gasteiger partial charge in [0.05, 0.1) is 31.1 Å². The number of rotatable bonds is 8. The van der Waals surface area contributed by atoms with Crippen LogP contribution >= 0.6 is 11.6 Å². The van der Waals surface area contributed by atoms with E-state index in [0.717, 1.165) is 28.9 Å². The van der Waals surface area contributed by atoms with Crippen LogP contribution in [0, 0.1) is 11.8 Å². The van der Waals surface area contributed by atoms with Gasteiger partial charge in [0.2, 0.25) is 0 Å². The molecular formula is C26H30ClNO4. The predicted octanol–water partition coefficient (Wildman–Crippen LogP) is 5.33. The number of aliphatic hydroxyl groups excluding tert-OH is 1. The van der Waals surface area contributed by atoms with E-state index in [2.05, 4.69) is 23.1 Å². The fraction of sp³-hybridized carbons (Fsp3) is 0.423. The first kappa shape index (κ1) is 24.1. The summed E-state index contributed by atoms with van der Waals surface area (Å²) >= 11 is 6.48. The number of nitrogens with zero attached hydrogens (tertiary/aromatic N) is 1. The van der Waals surface area contributed by atoms with Crippen molar-refractivity contribution in [3.8, 4) is 17.6 Å². The van der Waals surface area contributed by atoms with Crippen LogP contribution in [-0.2, 0) is 16.0 Å². The minimum absolute atomic E-state index is 0.244. The van der Waals surface area contributed by atoms with Gasteiger partial charge in [-0.25, -0.2) is 0 Å². The number of ether oxygens (including phenoxy) is 2. The van der Waals surface area contributed by atoms with E-state index < -0.39 is 6.10 Å². The molecule has 1 heterocycles. The largest absolute Gasteiger partial charge is 0.494 e. The van der Waals surface area contributed by atoms with Gasteiger partial charge in [-0.3, -0.25) is 0 Å². The summed E-state index contributed by atoms with van der Waals surface area (Å²) in [5, 5.41) is 15.0. The van der Waals surface area contributed by atoms with Gasteiger partial charge >= 0.3 is 0 Å². The van der Waals surface area contributed by atoms with E-state index in [1.54, 1.807) is 6.21 Å². The van der Waals surface area contributed by atoms with Gasteiger partial charge in [0.15, 0.2) is 6.61 Å². The molecule has 1 saturated heterocycles. The molecule has 32 heavy (non-hydrogen) atoms. The van der Waals surface area contributed by atoms with Crippen molar-refractivity contribution in [2.45, 2.75) is 57.8 Å². The Balaban J connectivity index is 1.66. The smallest absolute Gasteiger partial charge is 0.177 e. The first-order valence-corrected chi connectivity index (χ1v) is 11.4. The molecule has 170 valence electrons. The Labute approximate surface area is 195 Å². The lowest BCUT2D eigenvalue weighted by Crippen LogP contribution is -2.32. The Morgan fingerprint density at radius 1 is 1.16 bits per heavy atom. The molecule has 0 radical (unpaired) electrons. The van der Waals surface area contributed by atoms with E-state index in [9.17, 15) is 5.11 Å². The maximum atomic E-state index is 10.4. The second-order valence-corrected chi connectivity index (χ2v) is 8.04. The lowest BCUT2D eigenvalue weighted by atomic mass is 9.94. The van der Waals surface area contributed by atoms with Crippen LogP contribution in [0.25, 0.3) is 0 Å². The average molecular weight is 456 g/mol. The summed E-state index contributed by atoms with van der Waals surface area (Å²) in [6.07, 6.45) is 3.04. The molecule has 0 amide bonds. The van der Waals surface area contributed by atoms with E-state index in [-0.39, 0.29) is 18.8 Å². The molecule has 2 aromatic rings. The van der Waals surface area contributed by atoms with E-state index >= 15 is 0 Å². The van der Waals surface area contributed by atoms with Crippen LogP contribution in [0.2, 0.25) is 5.02 Å². The Morgan fingerprint density at radius 3 is 2.72 bits per heavy atom. The van der Waals surface area contributed by atoms with Gasteiger partial charge in [-0.2, -0.15) is 0 Å². The Bertz CT molecular complexity index is 949. The van der Waals surface area contributed by atoms with Crippen LogP contribution in [0.3, 0.4) is 0 Å². The predicted molar refractivity (Wildman–Crippen MR) is 127 cm³/mol. The SMILES string of the molecule is CCC#CCO/N=C/[C@@H]1C[C@H](O)C[C@H](c2ccc(Cl)c(Cc3ccc(OCC)cc3)c2)O1. The Hall–Kier alpha value is -2.52. The van der Waals surface area contributed by atoms with Crippen molar-refractivity contribution in [3.05, 3.63) is 64.2 Å². The monoisotopic (exact) mass is 455 g/mol. The molecule has 0 aliphatic carbocycles. The molecule has 5 nitrogen and oxygen atoms in total. The van der Waals surface area contributed by atoms with Gasteiger partial charge in [0.25, 0.3) is 0 Å². The molecule has 0 saturated carbocycles. The van der Waals surface area contributed by atoms with Crippen molar-refractivity contribution in [2.75, 3.05) is 13.2 Å². The topological polar surface area (TPSA) is 60.3 Å². The van der Waals surface area contributed by atoms with Gasteiger partial charge in [0.1, 0.15) is 5.75 Å². The molecule has 0 bridgehead atoms. The number of hydrogen-bond acceptors (Lipinski definition) is 5. The van der Waals surface area contributed by atoms with E-state index in [1.165, 1.54) is 0 Å². The number of hydrogen-bond donors (Lipinski definition) is 1. The lowest BCUT2D eigenvalue weighted by Gasteiger charge is -2.31. The number of benzene rings is 2. The minimum Gasteiger partial charge on any atom is -0.494 e. The van der Waals surface area contributed by atoms with E-state index in [4.69, 9.17) is 25.9 Å². The average Bonchev–Trinajstić information content (AvgIpc) is 2.79. The summed E-state index contributed by atoms with van der Waals surface area (Å²) in [4.78, 5) is 5.15. The van der Waals surface area contributed by atoms with Crippen molar-refractivity contribution >= 4 is 17.8 Å². The third-order valence-corrected chi connectivity index (χ3v) is 5.51. The highest BCUT2D eigenvalue weighted by atomic mass is 35.5. The molecule has 3 rings (SSSR count). The van der Waals surface area contributed by atoms with Crippen LogP contribution in [0.1, 0.15) is 55.9 Å². The quantitative estimate of drug-likeness (QED) is 0.253. The summed E-state index contributed by atoms with van der Waals surface area (Å²) in [6, 6.07) is 13.9. The second kappa shape index (κ2) is 12.5. The Kier molecular flexibility index (Phi) is 9.43. The fourth-order valence-electron chi connectivity index (χ4n) is 3.62. The second-order valence-electron chi connectivity index (χ2n) is 7.63. The summed E-state index contributed by atoms with van der Waals surface area (Å²) in [5.41, 5.74) is 3.15. The molecule has 1 aliphatic rings. The summed E-state index contributed by atoms with van der Waals surface area (Å²) in [5.74, 6) is 6.64. The maximum Gasteiger partial charge on any atom is 0.177 e. The maximum absolute atomic E-state index is 10.4. The zero-order chi connectivity index (χ0) is 22.8. The highest BCUT2D eigenvalue weighted by Crippen LogP contribution is 2.33. The van der Waals surface area contributed by atoms with Crippen LogP contribution < -0.4 is 4.74 Å². The first-order chi connectivity index (χ1) is 15.6. The molecule has 0 spiro atoms. The van der Waals surface area contributed by atoms with Crippen LogP contribution in [-0.4, -0.2) is 36.7 Å². The number of halogens is 1. The zero-order valence-electron chi connectivity index (χ0n) is 18.6. The van der Waals surface area contributed by atoms with Gasteiger partial charge in [-0.05, 0) is 48.2 Å². The summed E-state index contributed by atoms with van der Waals surface area (Å²) in [6.45, 7) is 4.84. The van der Waals surface area contributed by atoms with Crippen LogP contribution in [0.15, 0.2) is 47.6 Å². The molecule has 1 fully saturated rings. The third kappa shape index (κ3) is 7.27. The first-order valence-electron chi connectivity index (χ1n) is 11.0. The standard InChI is InChI=1S/C26H30ClNO4/c1-3-5-6-13-31-28-18-24-16-22(29)17-26(32-24)20-9-12-25(27)21(15-20)14-19-7-10-23(11-8-19)30-4-2/h7-12,15,18,22,24,26,29H,3-4,13-14,16-17H2,1-2H3/b28-18+/t22-,24-,26+/m0/s1. The normalized spacial score (nSPS) is 20.6. The van der Waals surface area contributed by atoms with Gasteiger partial charge in [-0.15, -0.1) is 0 Å². The number of oxime groups is 1. The van der Waals surface area contributed by atoms with Crippen molar-refractivity contribution in [2.24, 2.45) is 5.16 Å². The van der Waals surface area contributed by atoms with Crippen LogP contribution in [0.4, 0.5) is 0 Å². The molecule has 2 aromatic carbocycles. The van der Waals surface area contributed by atoms with Gasteiger partial charge < -0.3 is 19.4 Å². The molecule has 3 atom stereocenters. The fourth-order valence-corrected chi connectivity index (χ4v) is 3.81. The van der Waals surface area contributed by atoms with Crippen LogP contribution in [0.5, 0.6) is 5.75 Å². The van der Waals surface area contributed by atoms with Crippen molar-refractivity contribution in [1.29, 1.82) is 0 Å². The number of aliphatic hydroxyl groups is 1. The summed E-state index contributed by atoms with van der Waals surface area (Å²) in [7, 11) is 0. The van der Waals surface area contributed by atoms with Gasteiger partial charge in [-0.1, -0.05) is 59.8 Å². The summed E-state index contributed by atoms with van der Waals surface area (Å²) < 4.78 is 11.7. The zero-order valence-corrected chi connectivity index (χ0v) is 19.3. The molecule has 6 heteroatoms. The van der Waals surface area contributed by atoms with Crippen molar-refractivity contribution in [1.82, 2.24) is 0 Å².